The molecule has 1 aliphatic heterocycles. The smallest absolute Gasteiger partial charge is 0.411 e. The molecule has 0 bridgehead atoms. The first-order valence-corrected chi connectivity index (χ1v) is 5.06. The SMILES string of the molecule is O=C(O)[C@@H]1COCCN1C(=O)COCC(F)(F)F. The van der Waals surface area contributed by atoms with Gasteiger partial charge in [0.25, 0.3) is 0 Å². The number of ether oxygens (including phenoxy) is 2. The fourth-order valence-electron chi connectivity index (χ4n) is 1.44. The molecule has 1 amide bonds. The van der Waals surface area contributed by atoms with E-state index in [1.54, 1.807) is 0 Å². The second kappa shape index (κ2) is 6.01. The molecule has 1 rings (SSSR count). The molecule has 1 atom stereocenters. The summed E-state index contributed by atoms with van der Waals surface area (Å²) in [5.74, 6) is -2.06. The summed E-state index contributed by atoms with van der Waals surface area (Å²) in [5, 5.41) is 8.82. The first kappa shape index (κ1) is 14.7. The molecule has 0 saturated carbocycles. The van der Waals surface area contributed by atoms with Gasteiger partial charge in [-0.05, 0) is 0 Å². The number of aliphatic carboxylic acids is 1. The van der Waals surface area contributed by atoms with E-state index < -0.39 is 37.3 Å². The Bertz CT molecular complexity index is 320. The zero-order chi connectivity index (χ0) is 13.8. The van der Waals surface area contributed by atoms with Gasteiger partial charge in [-0.1, -0.05) is 0 Å². The van der Waals surface area contributed by atoms with Crippen molar-refractivity contribution in [2.45, 2.75) is 12.2 Å². The molecule has 104 valence electrons. The number of alkyl halides is 3. The molecule has 1 N–H and O–H groups in total. The van der Waals surface area contributed by atoms with Gasteiger partial charge in [-0.25, -0.2) is 4.79 Å². The van der Waals surface area contributed by atoms with Gasteiger partial charge in [0.15, 0.2) is 6.04 Å². The molecule has 6 nitrogen and oxygen atoms in total. The molecule has 0 aliphatic carbocycles. The number of hydrogen-bond acceptors (Lipinski definition) is 4. The van der Waals surface area contributed by atoms with E-state index in [1.165, 1.54) is 0 Å². The molecule has 1 heterocycles. The van der Waals surface area contributed by atoms with Crippen molar-refractivity contribution < 1.29 is 37.3 Å². The fourth-order valence-corrected chi connectivity index (χ4v) is 1.44. The molecule has 1 aliphatic rings. The minimum Gasteiger partial charge on any atom is -0.480 e. The van der Waals surface area contributed by atoms with Crippen molar-refractivity contribution in [2.24, 2.45) is 0 Å². The van der Waals surface area contributed by atoms with Crippen molar-refractivity contribution in [3.8, 4) is 0 Å². The summed E-state index contributed by atoms with van der Waals surface area (Å²) in [6, 6.07) is -1.18. The van der Waals surface area contributed by atoms with E-state index in [0.29, 0.717) is 0 Å². The largest absolute Gasteiger partial charge is 0.480 e. The third kappa shape index (κ3) is 4.49. The predicted octanol–water partition coefficient (Wildman–Crippen LogP) is -0.123. The van der Waals surface area contributed by atoms with E-state index >= 15 is 0 Å². The summed E-state index contributed by atoms with van der Waals surface area (Å²) in [7, 11) is 0. The third-order valence-corrected chi connectivity index (χ3v) is 2.23. The Morgan fingerprint density at radius 3 is 2.67 bits per heavy atom. The van der Waals surface area contributed by atoms with Crippen LogP contribution in [0.25, 0.3) is 0 Å². The van der Waals surface area contributed by atoms with Crippen LogP contribution in [0.2, 0.25) is 0 Å². The maximum absolute atomic E-state index is 11.8. The van der Waals surface area contributed by atoms with Gasteiger partial charge in [-0.2, -0.15) is 13.2 Å². The van der Waals surface area contributed by atoms with Crippen molar-refractivity contribution in [1.29, 1.82) is 0 Å². The zero-order valence-electron chi connectivity index (χ0n) is 9.27. The highest BCUT2D eigenvalue weighted by Gasteiger charge is 2.33. The molecular weight excluding hydrogens is 259 g/mol. The lowest BCUT2D eigenvalue weighted by molar-refractivity contribution is -0.181. The van der Waals surface area contributed by atoms with Crippen LogP contribution < -0.4 is 0 Å². The average Bonchev–Trinajstić information content (AvgIpc) is 2.27. The molecule has 18 heavy (non-hydrogen) atoms. The maximum Gasteiger partial charge on any atom is 0.411 e. The van der Waals surface area contributed by atoms with E-state index in [-0.39, 0.29) is 19.8 Å². The van der Waals surface area contributed by atoms with Crippen LogP contribution >= 0.6 is 0 Å². The van der Waals surface area contributed by atoms with E-state index in [1.807, 2.05) is 0 Å². The maximum atomic E-state index is 11.8. The molecule has 0 spiro atoms. The number of halogens is 3. The number of nitrogens with zero attached hydrogens (tertiary/aromatic N) is 1. The molecule has 0 unspecified atom stereocenters. The fraction of sp³-hybridized carbons (Fsp3) is 0.778. The minimum absolute atomic E-state index is 0.0190. The van der Waals surface area contributed by atoms with Gasteiger partial charge >= 0.3 is 12.1 Å². The number of carboxylic acids is 1. The van der Waals surface area contributed by atoms with Crippen molar-refractivity contribution in [3.63, 3.8) is 0 Å². The molecule has 0 radical (unpaired) electrons. The second-order valence-electron chi connectivity index (χ2n) is 3.62. The summed E-state index contributed by atoms with van der Waals surface area (Å²) < 4.78 is 44.4. The van der Waals surface area contributed by atoms with Crippen LogP contribution in [-0.2, 0) is 19.1 Å². The zero-order valence-corrected chi connectivity index (χ0v) is 9.27. The van der Waals surface area contributed by atoms with Crippen LogP contribution in [0, 0.1) is 0 Å². The van der Waals surface area contributed by atoms with Gasteiger partial charge in [0.1, 0.15) is 13.2 Å². The lowest BCUT2D eigenvalue weighted by Crippen LogP contribution is -2.53. The summed E-state index contributed by atoms with van der Waals surface area (Å²) in [5.41, 5.74) is 0. The van der Waals surface area contributed by atoms with E-state index in [4.69, 9.17) is 9.84 Å². The number of rotatable bonds is 4. The van der Waals surface area contributed by atoms with Gasteiger partial charge in [0, 0.05) is 6.54 Å². The van der Waals surface area contributed by atoms with E-state index in [2.05, 4.69) is 4.74 Å². The molecule has 1 saturated heterocycles. The summed E-state index contributed by atoms with van der Waals surface area (Å²) in [4.78, 5) is 23.3. The third-order valence-electron chi connectivity index (χ3n) is 2.23. The Morgan fingerprint density at radius 1 is 1.44 bits per heavy atom. The Balaban J connectivity index is 2.46. The number of morpholine rings is 1. The Morgan fingerprint density at radius 2 is 2.11 bits per heavy atom. The highest BCUT2D eigenvalue weighted by Crippen LogP contribution is 2.15. The van der Waals surface area contributed by atoms with Gasteiger partial charge < -0.3 is 19.5 Å². The normalized spacial score (nSPS) is 20.8. The Labute approximate surface area is 100 Å². The van der Waals surface area contributed by atoms with Crippen molar-refractivity contribution in [3.05, 3.63) is 0 Å². The van der Waals surface area contributed by atoms with Crippen molar-refractivity contribution in [1.82, 2.24) is 4.90 Å². The van der Waals surface area contributed by atoms with Gasteiger partial charge in [-0.15, -0.1) is 0 Å². The monoisotopic (exact) mass is 271 g/mol. The lowest BCUT2D eigenvalue weighted by atomic mass is 10.2. The minimum atomic E-state index is -4.52. The molecular formula is C9H12F3NO5. The van der Waals surface area contributed by atoms with Gasteiger partial charge in [0.05, 0.1) is 13.2 Å². The molecule has 0 aromatic rings. The predicted molar refractivity (Wildman–Crippen MR) is 50.8 cm³/mol. The highest BCUT2D eigenvalue weighted by molar-refractivity contribution is 5.84. The van der Waals surface area contributed by atoms with Gasteiger partial charge in [0.2, 0.25) is 5.91 Å². The van der Waals surface area contributed by atoms with Crippen LogP contribution in [0.4, 0.5) is 13.2 Å². The van der Waals surface area contributed by atoms with Gasteiger partial charge in [-0.3, -0.25) is 4.79 Å². The van der Waals surface area contributed by atoms with Crippen LogP contribution in [0.15, 0.2) is 0 Å². The van der Waals surface area contributed by atoms with Crippen LogP contribution in [0.5, 0.6) is 0 Å². The molecule has 1 fully saturated rings. The van der Waals surface area contributed by atoms with Crippen molar-refractivity contribution in [2.75, 3.05) is 33.0 Å². The summed E-state index contributed by atoms with van der Waals surface area (Å²) in [6.45, 7) is -2.36. The van der Waals surface area contributed by atoms with Crippen LogP contribution in [-0.4, -0.2) is 67.1 Å². The number of hydrogen-bond donors (Lipinski definition) is 1. The molecule has 0 aromatic carbocycles. The second-order valence-corrected chi connectivity index (χ2v) is 3.62. The van der Waals surface area contributed by atoms with Crippen LogP contribution in [0.3, 0.4) is 0 Å². The first-order chi connectivity index (χ1) is 8.31. The quantitative estimate of drug-likeness (QED) is 0.771. The molecule has 9 heteroatoms. The number of amides is 1. The molecule has 0 aromatic heterocycles. The summed E-state index contributed by atoms with van der Waals surface area (Å²) in [6.07, 6.45) is -4.52. The standard InChI is InChI=1S/C9H12F3NO5/c10-9(11,12)5-18-4-7(14)13-1-2-17-3-6(13)8(15)16/h6H,1-5H2,(H,15,16)/t6-/m0/s1. The number of carbonyl (C=O) groups is 2. The van der Waals surface area contributed by atoms with Crippen LogP contribution in [0.1, 0.15) is 0 Å². The first-order valence-electron chi connectivity index (χ1n) is 5.06. The number of carboxylic acid groups (broad SMARTS) is 1. The average molecular weight is 271 g/mol. The summed E-state index contributed by atoms with van der Waals surface area (Å²) >= 11 is 0. The Hall–Kier alpha value is -1.35. The Kier molecular flexibility index (Phi) is 4.91. The number of carbonyl (C=O) groups excluding carboxylic acids is 1. The van der Waals surface area contributed by atoms with E-state index in [0.717, 1.165) is 4.90 Å². The lowest BCUT2D eigenvalue weighted by Gasteiger charge is -2.32. The highest BCUT2D eigenvalue weighted by atomic mass is 19.4. The topological polar surface area (TPSA) is 76.1 Å². The van der Waals surface area contributed by atoms with E-state index in [9.17, 15) is 22.8 Å². The van der Waals surface area contributed by atoms with Crippen molar-refractivity contribution >= 4 is 11.9 Å².